The third-order valence-corrected chi connectivity index (χ3v) is 3.59. The molecule has 6 heteroatoms. The number of carbonyl (C=O) groups is 2. The number of amides is 2. The molecule has 1 aliphatic heterocycles. The van der Waals surface area contributed by atoms with Crippen LogP contribution in [0.3, 0.4) is 0 Å². The molecule has 21 heavy (non-hydrogen) atoms. The van der Waals surface area contributed by atoms with E-state index in [1.54, 1.807) is 19.2 Å². The van der Waals surface area contributed by atoms with Gasteiger partial charge in [0.25, 0.3) is 0 Å². The summed E-state index contributed by atoms with van der Waals surface area (Å²) in [6.45, 7) is 0.672. The molecule has 6 nitrogen and oxygen atoms in total. The molecule has 0 radical (unpaired) electrons. The Morgan fingerprint density at radius 1 is 1.52 bits per heavy atom. The lowest BCUT2D eigenvalue weighted by Gasteiger charge is -2.16. The fourth-order valence-electron chi connectivity index (χ4n) is 2.51. The molecule has 2 atom stereocenters. The number of rotatable bonds is 5. The molecule has 1 N–H and O–H groups in total. The number of nitrogens with one attached hydrogen (secondary N) is 1. The SMILES string of the molecule is COCCNC(=O)[C@H](C#N)[C@H]1C(=O)N(C)c2ccccc21. The third kappa shape index (κ3) is 2.73. The molecule has 2 rings (SSSR count). The van der Waals surface area contributed by atoms with E-state index < -0.39 is 17.7 Å². The number of para-hydroxylation sites is 1. The van der Waals surface area contributed by atoms with E-state index in [2.05, 4.69) is 5.32 Å². The second kappa shape index (κ2) is 6.37. The number of methoxy groups -OCH3 is 1. The summed E-state index contributed by atoms with van der Waals surface area (Å²) in [5.41, 5.74) is 1.47. The van der Waals surface area contributed by atoms with E-state index in [9.17, 15) is 14.9 Å². The average Bonchev–Trinajstić information content (AvgIpc) is 2.74. The smallest absolute Gasteiger partial charge is 0.238 e. The first kappa shape index (κ1) is 15.0. The highest BCUT2D eigenvalue weighted by atomic mass is 16.5. The van der Waals surface area contributed by atoms with Crippen molar-refractivity contribution >= 4 is 17.5 Å². The van der Waals surface area contributed by atoms with Crippen LogP contribution in [0.1, 0.15) is 11.5 Å². The maximum absolute atomic E-state index is 12.4. The standard InChI is InChI=1S/C15H17N3O3/c1-18-12-6-4-3-5-10(12)13(15(18)20)11(9-16)14(19)17-7-8-21-2/h3-6,11,13H,7-8H2,1-2H3,(H,17,19)/t11-,13+/m1/s1. The highest BCUT2D eigenvalue weighted by Crippen LogP contribution is 2.40. The van der Waals surface area contributed by atoms with Gasteiger partial charge in [-0.05, 0) is 11.6 Å². The quantitative estimate of drug-likeness (QED) is 0.806. The average molecular weight is 287 g/mol. The summed E-state index contributed by atoms with van der Waals surface area (Å²) in [5.74, 6) is -2.47. The highest BCUT2D eigenvalue weighted by molar-refractivity contribution is 6.07. The van der Waals surface area contributed by atoms with Crippen LogP contribution in [-0.2, 0) is 14.3 Å². The molecule has 1 aliphatic rings. The minimum Gasteiger partial charge on any atom is -0.383 e. The zero-order valence-corrected chi connectivity index (χ0v) is 12.0. The summed E-state index contributed by atoms with van der Waals surface area (Å²) in [4.78, 5) is 26.0. The first-order valence-corrected chi connectivity index (χ1v) is 6.64. The molecule has 0 bridgehead atoms. The second-order valence-corrected chi connectivity index (χ2v) is 4.82. The van der Waals surface area contributed by atoms with Crippen molar-refractivity contribution in [3.63, 3.8) is 0 Å². The number of nitrogens with zero attached hydrogens (tertiary/aromatic N) is 2. The van der Waals surface area contributed by atoms with E-state index in [1.165, 1.54) is 12.0 Å². The normalized spacial score (nSPS) is 18.0. The zero-order valence-electron chi connectivity index (χ0n) is 12.0. The van der Waals surface area contributed by atoms with Crippen LogP contribution in [0.25, 0.3) is 0 Å². The highest BCUT2D eigenvalue weighted by Gasteiger charge is 2.43. The third-order valence-electron chi connectivity index (χ3n) is 3.59. The van der Waals surface area contributed by atoms with Crippen LogP contribution in [0.15, 0.2) is 24.3 Å². The van der Waals surface area contributed by atoms with E-state index in [1.807, 2.05) is 18.2 Å². The Balaban J connectivity index is 2.25. The van der Waals surface area contributed by atoms with Crippen molar-refractivity contribution in [1.82, 2.24) is 5.32 Å². The predicted molar refractivity (Wildman–Crippen MR) is 76.6 cm³/mol. The Morgan fingerprint density at radius 2 is 2.24 bits per heavy atom. The van der Waals surface area contributed by atoms with Gasteiger partial charge in [0.15, 0.2) is 0 Å². The van der Waals surface area contributed by atoms with E-state index in [0.717, 1.165) is 11.3 Å². The van der Waals surface area contributed by atoms with Crippen molar-refractivity contribution in [1.29, 1.82) is 5.26 Å². The largest absolute Gasteiger partial charge is 0.383 e. The molecule has 0 aliphatic carbocycles. The molecule has 1 aromatic carbocycles. The van der Waals surface area contributed by atoms with Gasteiger partial charge in [-0.25, -0.2) is 0 Å². The molecule has 0 saturated heterocycles. The maximum atomic E-state index is 12.4. The fourth-order valence-corrected chi connectivity index (χ4v) is 2.51. The van der Waals surface area contributed by atoms with Crippen molar-refractivity contribution in [2.45, 2.75) is 5.92 Å². The Bertz CT molecular complexity index is 594. The minimum atomic E-state index is -1.04. The van der Waals surface area contributed by atoms with Gasteiger partial charge in [0.1, 0.15) is 5.92 Å². The van der Waals surface area contributed by atoms with Crippen molar-refractivity contribution in [2.24, 2.45) is 5.92 Å². The number of hydrogen-bond acceptors (Lipinski definition) is 4. The Kier molecular flexibility index (Phi) is 4.55. The summed E-state index contributed by atoms with van der Waals surface area (Å²) in [7, 11) is 3.18. The van der Waals surface area contributed by atoms with E-state index in [-0.39, 0.29) is 5.91 Å². The van der Waals surface area contributed by atoms with Gasteiger partial charge in [-0.1, -0.05) is 18.2 Å². The van der Waals surface area contributed by atoms with Crippen LogP contribution in [-0.4, -0.2) is 39.1 Å². The predicted octanol–water partition coefficient (Wildman–Crippen LogP) is 0.649. The number of benzene rings is 1. The van der Waals surface area contributed by atoms with Gasteiger partial charge in [-0.2, -0.15) is 5.26 Å². The van der Waals surface area contributed by atoms with Crippen LogP contribution < -0.4 is 10.2 Å². The molecule has 2 amide bonds. The molecule has 0 fully saturated rings. The van der Waals surface area contributed by atoms with Crippen molar-refractivity contribution in [3.8, 4) is 6.07 Å². The van der Waals surface area contributed by atoms with Crippen LogP contribution in [0.4, 0.5) is 5.69 Å². The number of nitriles is 1. The summed E-state index contributed by atoms with van der Waals surface area (Å²) in [6.07, 6.45) is 0. The topological polar surface area (TPSA) is 82.4 Å². The number of hydrogen-bond donors (Lipinski definition) is 1. The number of ether oxygens (including phenoxy) is 1. The monoisotopic (exact) mass is 287 g/mol. The summed E-state index contributed by atoms with van der Waals surface area (Å²) >= 11 is 0. The van der Waals surface area contributed by atoms with Gasteiger partial charge in [-0.3, -0.25) is 9.59 Å². The van der Waals surface area contributed by atoms with Crippen LogP contribution in [0, 0.1) is 17.2 Å². The van der Waals surface area contributed by atoms with E-state index >= 15 is 0 Å². The van der Waals surface area contributed by atoms with Gasteiger partial charge in [0.2, 0.25) is 11.8 Å². The lowest BCUT2D eigenvalue weighted by molar-refractivity contribution is -0.128. The fraction of sp³-hybridized carbons (Fsp3) is 0.400. The van der Waals surface area contributed by atoms with Gasteiger partial charge in [0.05, 0.1) is 18.6 Å². The Hall–Kier alpha value is -2.39. The summed E-state index contributed by atoms with van der Waals surface area (Å²) < 4.78 is 4.85. The summed E-state index contributed by atoms with van der Waals surface area (Å²) in [6, 6.07) is 9.18. The number of anilines is 1. The molecule has 110 valence electrons. The van der Waals surface area contributed by atoms with Crippen molar-refractivity contribution < 1.29 is 14.3 Å². The lowest BCUT2D eigenvalue weighted by atomic mass is 9.87. The molecule has 1 heterocycles. The Labute approximate surface area is 123 Å². The minimum absolute atomic E-state index is 0.232. The molecular formula is C15H17N3O3. The van der Waals surface area contributed by atoms with Gasteiger partial charge in [-0.15, -0.1) is 0 Å². The first-order chi connectivity index (χ1) is 10.1. The van der Waals surface area contributed by atoms with Gasteiger partial charge >= 0.3 is 0 Å². The molecule has 0 spiro atoms. The van der Waals surface area contributed by atoms with E-state index in [0.29, 0.717) is 13.2 Å². The lowest BCUT2D eigenvalue weighted by Crippen LogP contribution is -2.38. The van der Waals surface area contributed by atoms with Crippen molar-refractivity contribution in [3.05, 3.63) is 29.8 Å². The molecule has 0 unspecified atom stereocenters. The molecule has 0 aromatic heterocycles. The maximum Gasteiger partial charge on any atom is 0.238 e. The molecular weight excluding hydrogens is 270 g/mol. The van der Waals surface area contributed by atoms with Gasteiger partial charge < -0.3 is 15.0 Å². The number of carbonyl (C=O) groups excluding carboxylic acids is 2. The van der Waals surface area contributed by atoms with Gasteiger partial charge in [0, 0.05) is 26.4 Å². The molecule has 1 aromatic rings. The number of fused-ring (bicyclic) bond motifs is 1. The van der Waals surface area contributed by atoms with Crippen molar-refractivity contribution in [2.75, 3.05) is 32.2 Å². The van der Waals surface area contributed by atoms with Crippen LogP contribution in [0.5, 0.6) is 0 Å². The van der Waals surface area contributed by atoms with E-state index in [4.69, 9.17) is 4.74 Å². The van der Waals surface area contributed by atoms with Crippen LogP contribution in [0.2, 0.25) is 0 Å². The number of likely N-dealkylation sites (N-methyl/N-ethyl adjacent to an activating group) is 1. The Morgan fingerprint density at radius 3 is 2.90 bits per heavy atom. The zero-order chi connectivity index (χ0) is 15.4. The molecule has 0 saturated carbocycles. The second-order valence-electron chi connectivity index (χ2n) is 4.82. The van der Waals surface area contributed by atoms with Crippen LogP contribution >= 0.6 is 0 Å². The first-order valence-electron chi connectivity index (χ1n) is 6.64. The summed E-state index contributed by atoms with van der Waals surface area (Å²) in [5, 5.41) is 12.0.